The molecule has 4 fully saturated rings. The molecule has 0 aromatic heterocycles. The highest BCUT2D eigenvalue weighted by molar-refractivity contribution is 5.46. The molecule has 0 atom stereocenters. The lowest BCUT2D eigenvalue weighted by Gasteiger charge is -2.57. The van der Waals surface area contributed by atoms with E-state index >= 15 is 8.78 Å². The fourth-order valence-corrected chi connectivity index (χ4v) is 15.8. The largest absolute Gasteiger partial charge is 0.380 e. The second kappa shape index (κ2) is 24.7. The molecule has 0 saturated heterocycles. The molecule has 69 heavy (non-hydrogen) atoms. The van der Waals surface area contributed by atoms with E-state index in [2.05, 4.69) is 62.5 Å². The van der Waals surface area contributed by atoms with Gasteiger partial charge < -0.3 is 4.74 Å². The summed E-state index contributed by atoms with van der Waals surface area (Å²) in [6, 6.07) is 9.42. The van der Waals surface area contributed by atoms with Crippen LogP contribution in [0.1, 0.15) is 218 Å². The van der Waals surface area contributed by atoms with Crippen LogP contribution >= 0.6 is 0 Å². The molecule has 6 aliphatic rings. The molecule has 0 bridgehead atoms. The molecule has 2 aromatic carbocycles. The third kappa shape index (κ3) is 11.7. The molecule has 4 saturated carbocycles. The van der Waals surface area contributed by atoms with Crippen molar-refractivity contribution in [3.05, 3.63) is 119 Å². The highest BCUT2D eigenvalue weighted by Gasteiger charge is 2.56. The number of halogens is 4. The molecule has 0 amide bonds. The Morgan fingerprint density at radius 1 is 0.435 bits per heavy atom. The topological polar surface area (TPSA) is 9.23 Å². The smallest absolute Gasteiger partial charge is 0.159 e. The van der Waals surface area contributed by atoms with Crippen LogP contribution in [0.5, 0.6) is 0 Å². The summed E-state index contributed by atoms with van der Waals surface area (Å²) >= 11 is 0. The number of unbranched alkanes of at least 4 members (excludes halogenated alkanes) is 8. The van der Waals surface area contributed by atoms with Gasteiger partial charge in [-0.25, -0.2) is 17.6 Å². The fraction of sp³-hybridized carbons (Fsp3) is 0.688. The van der Waals surface area contributed by atoms with Gasteiger partial charge in [-0.2, -0.15) is 0 Å². The van der Waals surface area contributed by atoms with Gasteiger partial charge >= 0.3 is 0 Å². The minimum Gasteiger partial charge on any atom is -0.380 e. The van der Waals surface area contributed by atoms with Crippen molar-refractivity contribution in [1.29, 1.82) is 0 Å². The van der Waals surface area contributed by atoms with Gasteiger partial charge in [-0.05, 0) is 121 Å². The molecular weight excluding hydrogens is 861 g/mol. The minimum absolute atomic E-state index is 0.0407. The average Bonchev–Trinajstić information content (AvgIpc) is 3.39. The maximum absolute atomic E-state index is 15.3. The molecule has 0 spiro atoms. The number of benzene rings is 2. The first-order valence-corrected chi connectivity index (χ1v) is 28.9. The molecular formula is C64H90F4O. The first-order valence-electron chi connectivity index (χ1n) is 28.9. The average molecular weight is 951 g/mol. The summed E-state index contributed by atoms with van der Waals surface area (Å²) in [6.45, 7) is 5.64. The van der Waals surface area contributed by atoms with Crippen molar-refractivity contribution in [1.82, 2.24) is 0 Å². The summed E-state index contributed by atoms with van der Waals surface area (Å²) < 4.78 is 66.4. The standard InChI is InChI=1S/C64H90F4O/c1-3-5-7-9-13-19-49-21-25-53(26-22-49)61(37-15-11-16-38-61)63(55-29-31-57(65)59(67)45-55)41-33-51(34-42-63)47-69-48-52-35-43-64(44-36-52,56-30-32-58(66)60(68)46-56)62(39-17-12-18-40-62)54-27-23-50(24-28-54)20-14-10-8-6-4-2/h29-36,41-46,49-54H,3-28,37-40,47-48H2,1-2H3/t49-,50-,51-,52-,53-,54-,63+,64+. The molecule has 1 nitrogen and oxygen atoms in total. The van der Waals surface area contributed by atoms with Crippen molar-refractivity contribution in [2.24, 2.45) is 46.3 Å². The van der Waals surface area contributed by atoms with Gasteiger partial charge in [-0.3, -0.25) is 0 Å². The highest BCUT2D eigenvalue weighted by Crippen LogP contribution is 2.63. The van der Waals surface area contributed by atoms with Gasteiger partial charge in [0.1, 0.15) is 0 Å². The zero-order valence-corrected chi connectivity index (χ0v) is 43.1. The van der Waals surface area contributed by atoms with Crippen LogP contribution in [0.4, 0.5) is 17.6 Å². The number of rotatable bonds is 22. The van der Waals surface area contributed by atoms with Crippen LogP contribution in [0, 0.1) is 69.6 Å². The Kier molecular flexibility index (Phi) is 18.7. The molecule has 380 valence electrons. The van der Waals surface area contributed by atoms with Crippen LogP contribution in [0.2, 0.25) is 0 Å². The molecule has 0 N–H and O–H groups in total. The lowest BCUT2D eigenvalue weighted by atomic mass is 9.46. The number of hydrogen-bond acceptors (Lipinski definition) is 1. The van der Waals surface area contributed by atoms with E-state index in [4.69, 9.17) is 4.74 Å². The zero-order chi connectivity index (χ0) is 48.2. The molecule has 0 aliphatic heterocycles. The van der Waals surface area contributed by atoms with Crippen LogP contribution in [0.3, 0.4) is 0 Å². The summed E-state index contributed by atoms with van der Waals surface area (Å²) in [5.41, 5.74) is 0.684. The SMILES string of the molecule is CCCCCCC[C@H]1CC[C@H](C2([C@]3(c4ccc(F)c(F)c4)C=C[C@H](COC[C@H]4C=C[C@@](c5ccc(F)c(F)c5)(C5([C@H]6CC[C@H](CCCCCCC)CC6)CCCCC5)C=C4)C=C3)CCCCC2)CC1. The first kappa shape index (κ1) is 52.4. The van der Waals surface area contributed by atoms with E-state index in [-0.39, 0.29) is 22.7 Å². The van der Waals surface area contributed by atoms with Crippen molar-refractivity contribution in [3.8, 4) is 0 Å². The minimum atomic E-state index is -0.784. The molecule has 0 radical (unpaired) electrons. The van der Waals surface area contributed by atoms with Gasteiger partial charge in [0.05, 0.1) is 13.2 Å². The zero-order valence-electron chi connectivity index (χ0n) is 43.1. The van der Waals surface area contributed by atoms with E-state index in [9.17, 15) is 8.78 Å². The fourth-order valence-electron chi connectivity index (χ4n) is 15.8. The monoisotopic (exact) mass is 951 g/mol. The molecule has 6 aliphatic carbocycles. The Morgan fingerprint density at radius 3 is 1.14 bits per heavy atom. The molecule has 2 aromatic rings. The van der Waals surface area contributed by atoms with E-state index in [1.54, 1.807) is 0 Å². The van der Waals surface area contributed by atoms with Crippen molar-refractivity contribution >= 4 is 0 Å². The van der Waals surface area contributed by atoms with E-state index in [1.807, 2.05) is 12.1 Å². The van der Waals surface area contributed by atoms with Crippen molar-refractivity contribution in [3.63, 3.8) is 0 Å². The lowest BCUT2D eigenvalue weighted by molar-refractivity contribution is 0.00994. The van der Waals surface area contributed by atoms with Crippen molar-refractivity contribution in [2.45, 2.75) is 217 Å². The maximum Gasteiger partial charge on any atom is 0.159 e. The normalized spacial score (nSPS) is 31.0. The van der Waals surface area contributed by atoms with Gasteiger partial charge in [0.2, 0.25) is 0 Å². The molecule has 0 unspecified atom stereocenters. The second-order valence-corrected chi connectivity index (χ2v) is 23.6. The third-order valence-corrected chi connectivity index (χ3v) is 19.7. The van der Waals surface area contributed by atoms with Crippen LogP contribution in [0.15, 0.2) is 85.0 Å². The van der Waals surface area contributed by atoms with E-state index < -0.39 is 34.1 Å². The van der Waals surface area contributed by atoms with Crippen LogP contribution < -0.4 is 0 Å². The summed E-state index contributed by atoms with van der Waals surface area (Å²) in [5, 5.41) is 0. The summed E-state index contributed by atoms with van der Waals surface area (Å²) in [7, 11) is 0. The first-order chi connectivity index (χ1) is 33.7. The predicted octanol–water partition coefficient (Wildman–Crippen LogP) is 19.2. The Labute approximate surface area is 416 Å². The Morgan fingerprint density at radius 2 is 0.797 bits per heavy atom. The van der Waals surface area contributed by atoms with Gasteiger partial charge in [0.25, 0.3) is 0 Å². The van der Waals surface area contributed by atoms with Gasteiger partial charge in [0.15, 0.2) is 23.3 Å². The van der Waals surface area contributed by atoms with Crippen LogP contribution in [-0.4, -0.2) is 13.2 Å². The Bertz CT molecular complexity index is 1840. The Balaban J connectivity index is 0.963. The van der Waals surface area contributed by atoms with Gasteiger partial charge in [-0.15, -0.1) is 0 Å². The van der Waals surface area contributed by atoms with Crippen LogP contribution in [-0.2, 0) is 15.6 Å². The van der Waals surface area contributed by atoms with E-state index in [0.29, 0.717) is 25.0 Å². The molecule has 5 heteroatoms. The van der Waals surface area contributed by atoms with E-state index in [0.717, 1.165) is 48.6 Å². The lowest BCUT2D eigenvalue weighted by Crippen LogP contribution is -2.51. The summed E-state index contributed by atoms with van der Waals surface area (Å²) in [6.07, 6.45) is 56.5. The van der Waals surface area contributed by atoms with Gasteiger partial charge in [-0.1, -0.05) is 216 Å². The highest BCUT2D eigenvalue weighted by atomic mass is 19.2. The quantitative estimate of drug-likeness (QED) is 0.0649. The maximum atomic E-state index is 15.3. The molecule has 0 heterocycles. The second-order valence-electron chi connectivity index (χ2n) is 23.6. The van der Waals surface area contributed by atoms with Gasteiger partial charge in [0, 0.05) is 22.7 Å². The third-order valence-electron chi connectivity index (χ3n) is 19.7. The van der Waals surface area contributed by atoms with Crippen LogP contribution in [0.25, 0.3) is 0 Å². The summed E-state index contributed by atoms with van der Waals surface area (Å²) in [4.78, 5) is 0. The Hall–Kier alpha value is -2.92. The number of hydrogen-bond donors (Lipinski definition) is 0. The summed E-state index contributed by atoms with van der Waals surface area (Å²) in [5.74, 6) is -0.237. The predicted molar refractivity (Wildman–Crippen MR) is 279 cm³/mol. The van der Waals surface area contributed by atoms with Crippen molar-refractivity contribution < 1.29 is 22.3 Å². The van der Waals surface area contributed by atoms with Crippen molar-refractivity contribution in [2.75, 3.05) is 13.2 Å². The molecule has 8 rings (SSSR count). The number of allylic oxidation sites excluding steroid dienone is 4. The number of ether oxygens (including phenoxy) is 1. The van der Waals surface area contributed by atoms with E-state index in [1.165, 1.54) is 191 Å².